The van der Waals surface area contributed by atoms with Crippen molar-refractivity contribution >= 4 is 82.3 Å². The number of aliphatic imine (C=N–C) groups is 4. The number of non-ortho nitro benzene ring substituents is 1. The van der Waals surface area contributed by atoms with Gasteiger partial charge in [-0.2, -0.15) is 0 Å². The second-order valence-corrected chi connectivity index (χ2v) is 13.8. The number of nitrogens with two attached hydrogens (primary N) is 9. The summed E-state index contributed by atoms with van der Waals surface area (Å²) in [6.07, 6.45) is -10.9. The average molecular weight is 982 g/mol. The molecule has 0 saturated carbocycles. The van der Waals surface area contributed by atoms with Crippen LogP contribution < -0.4 is 88.6 Å². The molecule has 0 radical (unpaired) electrons. The highest BCUT2D eigenvalue weighted by Gasteiger charge is 2.35. The molecule has 6 atom stereocenters. The molecule has 6 unspecified atom stereocenters. The van der Waals surface area contributed by atoms with E-state index >= 15 is 0 Å². The fourth-order valence-corrected chi connectivity index (χ4v) is 5.69. The van der Waals surface area contributed by atoms with Crippen LogP contribution in [0.2, 0.25) is 0 Å². The molecule has 27 N–H and O–H groups in total. The lowest BCUT2D eigenvalue weighted by atomic mass is 10.1. The summed E-state index contributed by atoms with van der Waals surface area (Å²) in [7, 11) is 0. The zero-order valence-electron chi connectivity index (χ0n) is 35.9. The Hall–Kier alpha value is -10.1. The number of amides is 6. The molecular weight excluding hydrogens is 935 g/mol. The van der Waals surface area contributed by atoms with Crippen molar-refractivity contribution in [3.63, 3.8) is 0 Å². The number of carboxylic acids is 1. The van der Waals surface area contributed by atoms with Crippen LogP contribution in [0.5, 0.6) is 0 Å². The van der Waals surface area contributed by atoms with Crippen molar-refractivity contribution in [2.45, 2.75) is 43.5 Å². The van der Waals surface area contributed by atoms with E-state index in [0.29, 0.717) is 6.07 Å². The van der Waals surface area contributed by atoms with Gasteiger partial charge in [0.2, 0.25) is 36.8 Å². The SMILES string of the molecule is NC(=O)C(N=C(N)N)NC(=O)C(N=C(N)N)NC(=O)C(N=C(N)N)NC(=O)C(N=C(N)N)NC(=O)C(NC(=O)C(O)N(Cc1ccc(NOO)cc1)c1ccc([N+](=O)[O-])cc1C(=O)O)c1ccccc1. The summed E-state index contributed by atoms with van der Waals surface area (Å²) in [5.41, 5.74) is 49.5. The van der Waals surface area contributed by atoms with E-state index < -0.39 is 131 Å². The van der Waals surface area contributed by atoms with Gasteiger partial charge in [-0.05, 0) is 29.3 Å². The van der Waals surface area contributed by atoms with Gasteiger partial charge in [0, 0.05) is 18.7 Å². The van der Waals surface area contributed by atoms with E-state index in [1.54, 1.807) is 0 Å². The highest BCUT2D eigenvalue weighted by Crippen LogP contribution is 2.29. The van der Waals surface area contributed by atoms with Gasteiger partial charge in [-0.3, -0.25) is 38.9 Å². The van der Waals surface area contributed by atoms with Crippen LogP contribution in [-0.2, 0) is 40.3 Å². The highest BCUT2D eigenvalue weighted by molar-refractivity contribution is 6.00. The Labute approximate surface area is 392 Å². The molecule has 0 aliphatic heterocycles. The Kier molecular flexibility index (Phi) is 19.4. The summed E-state index contributed by atoms with van der Waals surface area (Å²) >= 11 is 0. The summed E-state index contributed by atoms with van der Waals surface area (Å²) in [6, 6.07) is 13.4. The Morgan fingerprint density at radius 1 is 0.629 bits per heavy atom. The number of carboxylic acid groups (broad SMARTS) is 1. The zero-order valence-corrected chi connectivity index (χ0v) is 35.9. The molecular formula is C36H47N21O13. The van der Waals surface area contributed by atoms with Crippen LogP contribution in [-0.4, -0.2) is 117 Å². The molecule has 3 aromatic carbocycles. The van der Waals surface area contributed by atoms with Crippen LogP contribution in [0.1, 0.15) is 27.5 Å². The molecule has 0 aromatic heterocycles. The van der Waals surface area contributed by atoms with Gasteiger partial charge < -0.3 is 93.3 Å². The molecule has 0 aliphatic carbocycles. The van der Waals surface area contributed by atoms with E-state index in [1.807, 2.05) is 16.0 Å². The van der Waals surface area contributed by atoms with Crippen LogP contribution in [0.4, 0.5) is 17.1 Å². The van der Waals surface area contributed by atoms with Crippen LogP contribution in [0.15, 0.2) is 92.8 Å². The van der Waals surface area contributed by atoms with Gasteiger partial charge in [-0.25, -0.2) is 35.5 Å². The first-order valence-electron chi connectivity index (χ1n) is 19.2. The number of aliphatic hydroxyl groups excluding tert-OH is 1. The topological polar surface area (TPSA) is 592 Å². The molecule has 3 aromatic rings. The summed E-state index contributed by atoms with van der Waals surface area (Å²) in [6.45, 7) is -0.477. The maximum Gasteiger partial charge on any atom is 0.338 e. The van der Waals surface area contributed by atoms with Gasteiger partial charge in [-0.15, -0.1) is 4.99 Å². The molecule has 6 amide bonds. The predicted octanol–water partition coefficient (Wildman–Crippen LogP) is -7.36. The number of nitro benzene ring substituents is 1. The molecule has 374 valence electrons. The average Bonchev–Trinajstić information content (AvgIpc) is 3.28. The monoisotopic (exact) mass is 981 g/mol. The predicted molar refractivity (Wildman–Crippen MR) is 244 cm³/mol. The van der Waals surface area contributed by atoms with Crippen molar-refractivity contribution in [3.8, 4) is 0 Å². The molecule has 34 heteroatoms. The number of rotatable bonds is 24. The number of aliphatic hydroxyl groups is 1. The number of hydrogen-bond acceptors (Lipinski definition) is 18. The van der Waals surface area contributed by atoms with Crippen molar-refractivity contribution in [1.29, 1.82) is 0 Å². The fourth-order valence-electron chi connectivity index (χ4n) is 5.69. The van der Waals surface area contributed by atoms with E-state index in [-0.39, 0.29) is 16.8 Å². The van der Waals surface area contributed by atoms with Crippen molar-refractivity contribution < 1.29 is 58.9 Å². The number of nitro groups is 1. The molecule has 0 spiro atoms. The van der Waals surface area contributed by atoms with Gasteiger partial charge >= 0.3 is 5.97 Å². The number of aromatic carboxylic acids is 1. The second kappa shape index (κ2) is 25.0. The first-order chi connectivity index (χ1) is 32.9. The number of guanidine groups is 4. The number of nitrogens with one attached hydrogen (secondary N) is 6. The number of anilines is 2. The van der Waals surface area contributed by atoms with Crippen molar-refractivity contribution in [3.05, 3.63) is 99.6 Å². The van der Waals surface area contributed by atoms with Crippen LogP contribution in [0.3, 0.4) is 0 Å². The quantitative estimate of drug-likeness (QED) is 0.00990. The smallest absolute Gasteiger partial charge is 0.338 e. The van der Waals surface area contributed by atoms with Gasteiger partial charge in [-0.1, -0.05) is 42.5 Å². The van der Waals surface area contributed by atoms with Gasteiger partial charge in [0.05, 0.1) is 21.9 Å². The number of carbonyl (C=O) groups excluding carboxylic acids is 6. The third-order valence-electron chi connectivity index (χ3n) is 8.66. The first kappa shape index (κ1) is 54.2. The molecule has 0 aliphatic rings. The first-order valence-corrected chi connectivity index (χ1v) is 19.2. The van der Waals surface area contributed by atoms with Crippen molar-refractivity contribution in [2.24, 2.45) is 71.6 Å². The van der Waals surface area contributed by atoms with E-state index in [1.165, 1.54) is 54.6 Å². The van der Waals surface area contributed by atoms with E-state index in [0.717, 1.165) is 17.0 Å². The third-order valence-corrected chi connectivity index (χ3v) is 8.66. The lowest BCUT2D eigenvalue weighted by Crippen LogP contribution is -2.58. The molecule has 3 rings (SSSR count). The van der Waals surface area contributed by atoms with E-state index in [9.17, 15) is 53.9 Å². The standard InChI is InChI=1S/C36H47N21O13/c37-21(58)22(51-33(38)39)47-27(60)24(53-35(42)43)49-29(62)25(54-36(44)45)50-28(61)23(52-34(40)41)48-26(59)20(15-4-2-1-3-5-15)46-30(63)31(64)56(13-14-6-8-16(9-7-14)55-70-69)19-11-10-17(57(67)68)12-18(19)32(65)66/h1-12,20,22-25,31,55,64,69H,13H2,(H2,37,58)(H,46,63)(H,47,60)(H,48,59)(H,49,62)(H,50,61)(H,65,66)(H4,38,39,51)(H4,40,41,52)(H4,42,43,53)(H4,44,45,54). The minimum absolute atomic E-state index is 0.00747. The summed E-state index contributed by atoms with van der Waals surface area (Å²) < 4.78 is 0. The van der Waals surface area contributed by atoms with Gasteiger partial charge in [0.1, 0.15) is 6.04 Å². The Bertz CT molecular complexity index is 2550. The summed E-state index contributed by atoms with van der Waals surface area (Å²) in [4.78, 5) is 122. The number of benzene rings is 3. The number of carbonyl (C=O) groups is 7. The Morgan fingerprint density at radius 3 is 1.51 bits per heavy atom. The van der Waals surface area contributed by atoms with Crippen LogP contribution in [0, 0.1) is 10.1 Å². The fraction of sp³-hybridized carbons (Fsp3) is 0.194. The third kappa shape index (κ3) is 16.1. The Balaban J connectivity index is 2.02. The molecule has 0 saturated heterocycles. The van der Waals surface area contributed by atoms with Gasteiger partial charge in [0.15, 0.2) is 23.8 Å². The molecule has 0 fully saturated rings. The lowest BCUT2D eigenvalue weighted by molar-refractivity contribution is -0.384. The Morgan fingerprint density at radius 2 is 1.09 bits per heavy atom. The second-order valence-electron chi connectivity index (χ2n) is 13.8. The molecule has 0 bridgehead atoms. The molecule has 34 nitrogen and oxygen atoms in total. The number of primary amides is 1. The minimum Gasteiger partial charge on any atom is -0.478 e. The molecule has 70 heavy (non-hydrogen) atoms. The number of hydrogen-bond donors (Lipinski definition) is 18. The lowest BCUT2D eigenvalue weighted by Gasteiger charge is -2.31. The normalized spacial score (nSPS) is 13.0. The number of nitrogens with zero attached hydrogens (tertiary/aromatic N) is 6. The minimum atomic E-state index is -2.40. The zero-order chi connectivity index (χ0) is 52.4. The van der Waals surface area contributed by atoms with Gasteiger partial charge in [0.25, 0.3) is 35.2 Å². The summed E-state index contributed by atoms with van der Waals surface area (Å²) in [5, 5.41) is 52.4. The highest BCUT2D eigenvalue weighted by atomic mass is 17.2. The summed E-state index contributed by atoms with van der Waals surface area (Å²) in [5.74, 6) is -13.1. The van der Waals surface area contributed by atoms with Crippen molar-refractivity contribution in [1.82, 2.24) is 26.6 Å². The largest absolute Gasteiger partial charge is 0.478 e. The van der Waals surface area contributed by atoms with E-state index in [2.05, 4.69) is 41.1 Å². The maximum atomic E-state index is 14.2. The van der Waals surface area contributed by atoms with Crippen molar-refractivity contribution in [2.75, 3.05) is 10.4 Å². The van der Waals surface area contributed by atoms with Crippen LogP contribution >= 0.6 is 0 Å². The maximum absolute atomic E-state index is 14.2. The van der Waals surface area contributed by atoms with E-state index in [4.69, 9.17) is 56.9 Å². The van der Waals surface area contributed by atoms with Crippen LogP contribution in [0.25, 0.3) is 0 Å². The molecule has 0 heterocycles.